The minimum Gasteiger partial charge on any atom is -0.238 e. The molecule has 1 heterocycles. The van der Waals surface area contributed by atoms with Crippen LogP contribution < -0.4 is 4.72 Å². The standard InChI is InChI=1S/C18H17Cl2N3O2S/c1-12-16(13(2)23(22-12)15-6-4-3-5-7-15)11-21-26(24,25)18-10-14(19)8-9-17(18)20/h3-10,21H,11H2,1-2H3. The Labute approximate surface area is 162 Å². The fraction of sp³-hybridized carbons (Fsp3) is 0.167. The van der Waals surface area contributed by atoms with E-state index in [-0.39, 0.29) is 16.5 Å². The highest BCUT2D eigenvalue weighted by molar-refractivity contribution is 7.89. The van der Waals surface area contributed by atoms with Gasteiger partial charge in [0.25, 0.3) is 0 Å². The Morgan fingerprint density at radius 3 is 2.46 bits per heavy atom. The van der Waals surface area contributed by atoms with Gasteiger partial charge in [-0.15, -0.1) is 0 Å². The van der Waals surface area contributed by atoms with Gasteiger partial charge in [-0.25, -0.2) is 17.8 Å². The van der Waals surface area contributed by atoms with E-state index >= 15 is 0 Å². The smallest absolute Gasteiger partial charge is 0.238 e. The van der Waals surface area contributed by atoms with E-state index in [0.717, 1.165) is 22.6 Å². The highest BCUT2D eigenvalue weighted by Gasteiger charge is 2.20. The Morgan fingerprint density at radius 2 is 1.77 bits per heavy atom. The zero-order chi connectivity index (χ0) is 18.9. The lowest BCUT2D eigenvalue weighted by Crippen LogP contribution is -2.24. The first kappa shape index (κ1) is 18.9. The normalized spacial score (nSPS) is 11.7. The molecule has 0 spiro atoms. The third kappa shape index (κ3) is 3.78. The number of para-hydroxylation sites is 1. The molecule has 0 atom stereocenters. The van der Waals surface area contributed by atoms with Crippen LogP contribution in [0.25, 0.3) is 5.69 Å². The summed E-state index contributed by atoms with van der Waals surface area (Å²) in [6.45, 7) is 3.86. The number of hydrogen-bond acceptors (Lipinski definition) is 3. The molecule has 26 heavy (non-hydrogen) atoms. The van der Waals surface area contributed by atoms with Gasteiger partial charge in [0.05, 0.1) is 16.4 Å². The molecule has 5 nitrogen and oxygen atoms in total. The lowest BCUT2D eigenvalue weighted by atomic mass is 10.2. The quantitative estimate of drug-likeness (QED) is 0.683. The van der Waals surface area contributed by atoms with Crippen LogP contribution in [0, 0.1) is 13.8 Å². The van der Waals surface area contributed by atoms with Crippen LogP contribution in [0.4, 0.5) is 0 Å². The molecule has 0 aliphatic rings. The molecule has 0 fully saturated rings. The zero-order valence-electron chi connectivity index (χ0n) is 14.2. The van der Waals surface area contributed by atoms with Crippen LogP contribution in [0.15, 0.2) is 53.4 Å². The Kier molecular flexibility index (Phi) is 5.39. The third-order valence-corrected chi connectivity index (χ3v) is 6.18. The summed E-state index contributed by atoms with van der Waals surface area (Å²) < 4.78 is 29.6. The first-order valence-corrected chi connectivity index (χ1v) is 10.1. The van der Waals surface area contributed by atoms with Crippen LogP contribution in [0.3, 0.4) is 0 Å². The second-order valence-electron chi connectivity index (χ2n) is 5.80. The van der Waals surface area contributed by atoms with Crippen molar-refractivity contribution in [3.8, 4) is 5.69 Å². The van der Waals surface area contributed by atoms with Crippen molar-refractivity contribution < 1.29 is 8.42 Å². The van der Waals surface area contributed by atoms with Gasteiger partial charge in [0.15, 0.2) is 0 Å². The van der Waals surface area contributed by atoms with E-state index < -0.39 is 10.0 Å². The first-order valence-electron chi connectivity index (χ1n) is 7.85. The van der Waals surface area contributed by atoms with Gasteiger partial charge in [-0.1, -0.05) is 41.4 Å². The van der Waals surface area contributed by atoms with Gasteiger partial charge in [-0.2, -0.15) is 5.10 Å². The molecular formula is C18H17Cl2N3O2S. The minimum atomic E-state index is -3.80. The molecule has 0 saturated carbocycles. The number of aromatic nitrogens is 2. The van der Waals surface area contributed by atoms with Crippen molar-refractivity contribution in [3.63, 3.8) is 0 Å². The van der Waals surface area contributed by atoms with E-state index in [1.54, 1.807) is 10.7 Å². The maximum absolute atomic E-state index is 12.6. The van der Waals surface area contributed by atoms with Gasteiger partial charge in [0.2, 0.25) is 10.0 Å². The number of sulfonamides is 1. The number of hydrogen-bond donors (Lipinski definition) is 1. The number of benzene rings is 2. The van der Waals surface area contributed by atoms with Crippen molar-refractivity contribution in [1.29, 1.82) is 0 Å². The Hall–Kier alpha value is -1.86. The van der Waals surface area contributed by atoms with E-state index in [1.165, 1.54) is 12.1 Å². The lowest BCUT2D eigenvalue weighted by Gasteiger charge is -2.09. The minimum absolute atomic E-state index is 0.0441. The van der Waals surface area contributed by atoms with Crippen LogP contribution in [0.1, 0.15) is 17.0 Å². The summed E-state index contributed by atoms with van der Waals surface area (Å²) in [5, 5.41) is 4.95. The van der Waals surface area contributed by atoms with E-state index in [2.05, 4.69) is 9.82 Å². The number of nitrogens with zero attached hydrogens (tertiary/aromatic N) is 2. The van der Waals surface area contributed by atoms with Crippen molar-refractivity contribution in [3.05, 3.63) is 75.5 Å². The maximum atomic E-state index is 12.6. The summed E-state index contributed by atoms with van der Waals surface area (Å²) in [7, 11) is -3.80. The average Bonchev–Trinajstić information content (AvgIpc) is 2.90. The summed E-state index contributed by atoms with van der Waals surface area (Å²) in [5.41, 5.74) is 3.36. The number of halogens is 2. The van der Waals surface area contributed by atoms with Gasteiger partial charge in [-0.3, -0.25) is 0 Å². The molecule has 8 heteroatoms. The Balaban J connectivity index is 1.88. The molecule has 0 aliphatic heterocycles. The molecule has 1 aromatic heterocycles. The van der Waals surface area contributed by atoms with Gasteiger partial charge in [0, 0.05) is 22.8 Å². The predicted octanol–water partition coefficient (Wildman–Crippen LogP) is 4.27. The van der Waals surface area contributed by atoms with Gasteiger partial charge < -0.3 is 0 Å². The summed E-state index contributed by atoms with van der Waals surface area (Å²) >= 11 is 11.9. The largest absolute Gasteiger partial charge is 0.242 e. The fourth-order valence-corrected chi connectivity index (χ4v) is 4.44. The summed E-state index contributed by atoms with van der Waals surface area (Å²) in [4.78, 5) is -0.0441. The fourth-order valence-electron chi connectivity index (χ4n) is 2.68. The number of nitrogens with one attached hydrogen (secondary N) is 1. The van der Waals surface area contributed by atoms with Crippen molar-refractivity contribution >= 4 is 33.2 Å². The van der Waals surface area contributed by atoms with Crippen LogP contribution in [0.2, 0.25) is 10.0 Å². The van der Waals surface area contributed by atoms with Crippen LogP contribution in [-0.2, 0) is 16.6 Å². The molecule has 0 aliphatic carbocycles. The molecule has 3 rings (SSSR count). The zero-order valence-corrected chi connectivity index (χ0v) is 16.5. The molecular weight excluding hydrogens is 393 g/mol. The average molecular weight is 410 g/mol. The maximum Gasteiger partial charge on any atom is 0.242 e. The van der Waals surface area contributed by atoms with E-state index in [4.69, 9.17) is 23.2 Å². The van der Waals surface area contributed by atoms with Gasteiger partial charge in [-0.05, 0) is 44.2 Å². The highest BCUT2D eigenvalue weighted by atomic mass is 35.5. The monoisotopic (exact) mass is 409 g/mol. The first-order chi connectivity index (χ1) is 12.3. The second kappa shape index (κ2) is 7.40. The Morgan fingerprint density at radius 1 is 1.08 bits per heavy atom. The molecule has 0 unspecified atom stereocenters. The van der Waals surface area contributed by atoms with Gasteiger partial charge >= 0.3 is 0 Å². The summed E-state index contributed by atoms with van der Waals surface area (Å²) in [5.74, 6) is 0. The van der Waals surface area contributed by atoms with Gasteiger partial charge in [0.1, 0.15) is 4.90 Å². The van der Waals surface area contributed by atoms with Crippen molar-refractivity contribution in [2.45, 2.75) is 25.3 Å². The highest BCUT2D eigenvalue weighted by Crippen LogP contribution is 2.25. The van der Waals surface area contributed by atoms with Crippen LogP contribution in [0.5, 0.6) is 0 Å². The summed E-state index contributed by atoms with van der Waals surface area (Å²) in [6.07, 6.45) is 0. The number of aryl methyl sites for hydroxylation is 1. The Bertz CT molecular complexity index is 1050. The molecule has 3 aromatic rings. The SMILES string of the molecule is Cc1nn(-c2ccccc2)c(C)c1CNS(=O)(=O)c1cc(Cl)ccc1Cl. The molecule has 0 bridgehead atoms. The van der Waals surface area contributed by atoms with Crippen molar-refractivity contribution in [2.24, 2.45) is 0 Å². The third-order valence-electron chi connectivity index (χ3n) is 4.06. The lowest BCUT2D eigenvalue weighted by molar-refractivity contribution is 0.581. The topological polar surface area (TPSA) is 64.0 Å². The van der Waals surface area contributed by atoms with E-state index in [0.29, 0.717) is 5.02 Å². The molecule has 0 amide bonds. The predicted molar refractivity (Wildman–Crippen MR) is 104 cm³/mol. The van der Waals surface area contributed by atoms with Crippen LogP contribution >= 0.6 is 23.2 Å². The molecule has 136 valence electrons. The summed E-state index contributed by atoms with van der Waals surface area (Å²) in [6, 6.07) is 14.0. The van der Waals surface area contributed by atoms with Crippen molar-refractivity contribution in [2.75, 3.05) is 0 Å². The molecule has 1 N–H and O–H groups in total. The molecule has 0 radical (unpaired) electrons. The van der Waals surface area contributed by atoms with E-state index in [9.17, 15) is 8.42 Å². The number of rotatable bonds is 5. The van der Waals surface area contributed by atoms with Crippen molar-refractivity contribution in [1.82, 2.24) is 14.5 Å². The van der Waals surface area contributed by atoms with Crippen LogP contribution in [-0.4, -0.2) is 18.2 Å². The molecule has 2 aromatic carbocycles. The second-order valence-corrected chi connectivity index (χ2v) is 8.38. The molecule has 0 saturated heterocycles. The van der Waals surface area contributed by atoms with E-state index in [1.807, 2.05) is 44.2 Å².